The number of nitrogens with zero attached hydrogens (tertiary/aromatic N) is 1. The Morgan fingerprint density at radius 1 is 1.11 bits per heavy atom. The normalized spacial score (nSPS) is 32.5. The second-order valence-corrected chi connectivity index (χ2v) is 5.55. The summed E-state index contributed by atoms with van der Waals surface area (Å²) < 4.78 is 0. The standard InChI is InChI=1S/C13H23N3O2/c14-8-9-3-5-10(6-4-9)13(18)16-7-1-2-11(16)12(15)17/h9-11H,1-8,14H2,(H2,15,17). The molecule has 5 nitrogen and oxygen atoms in total. The number of carbonyl (C=O) groups is 2. The predicted octanol–water partition coefficient (Wildman–Crippen LogP) is 0.228. The van der Waals surface area contributed by atoms with Gasteiger partial charge in [-0.3, -0.25) is 9.59 Å². The molecule has 1 saturated carbocycles. The molecule has 0 aromatic carbocycles. The zero-order valence-corrected chi connectivity index (χ0v) is 10.8. The van der Waals surface area contributed by atoms with E-state index in [0.29, 0.717) is 19.0 Å². The molecule has 0 bridgehead atoms. The molecule has 4 N–H and O–H groups in total. The fraction of sp³-hybridized carbons (Fsp3) is 0.846. The topological polar surface area (TPSA) is 89.4 Å². The molecular weight excluding hydrogens is 230 g/mol. The van der Waals surface area contributed by atoms with Gasteiger partial charge in [-0.25, -0.2) is 0 Å². The van der Waals surface area contributed by atoms with Crippen molar-refractivity contribution in [3.63, 3.8) is 0 Å². The molecule has 1 atom stereocenters. The zero-order chi connectivity index (χ0) is 13.1. The number of hydrogen-bond acceptors (Lipinski definition) is 3. The van der Waals surface area contributed by atoms with Gasteiger partial charge in [-0.2, -0.15) is 0 Å². The Bertz CT molecular complexity index is 324. The SMILES string of the molecule is NCC1CCC(C(=O)N2CCCC2C(N)=O)CC1. The summed E-state index contributed by atoms with van der Waals surface area (Å²) in [4.78, 5) is 25.4. The number of likely N-dealkylation sites (tertiary alicyclic amines) is 1. The number of hydrogen-bond donors (Lipinski definition) is 2. The van der Waals surface area contributed by atoms with Crippen LogP contribution in [-0.2, 0) is 9.59 Å². The molecule has 2 fully saturated rings. The summed E-state index contributed by atoms with van der Waals surface area (Å²) in [6, 6.07) is -0.371. The highest BCUT2D eigenvalue weighted by molar-refractivity contribution is 5.88. The van der Waals surface area contributed by atoms with Crippen LogP contribution in [0.5, 0.6) is 0 Å². The third kappa shape index (κ3) is 2.66. The van der Waals surface area contributed by atoms with Gasteiger partial charge in [-0.1, -0.05) is 0 Å². The minimum Gasteiger partial charge on any atom is -0.368 e. The Morgan fingerprint density at radius 2 is 1.78 bits per heavy atom. The van der Waals surface area contributed by atoms with Crippen LogP contribution >= 0.6 is 0 Å². The lowest BCUT2D eigenvalue weighted by Gasteiger charge is -2.31. The van der Waals surface area contributed by atoms with E-state index in [2.05, 4.69) is 0 Å². The van der Waals surface area contributed by atoms with Gasteiger partial charge in [0, 0.05) is 12.5 Å². The molecule has 102 valence electrons. The van der Waals surface area contributed by atoms with E-state index in [9.17, 15) is 9.59 Å². The Kier molecular flexibility index (Phi) is 4.22. The van der Waals surface area contributed by atoms with Crippen molar-refractivity contribution in [3.8, 4) is 0 Å². The zero-order valence-electron chi connectivity index (χ0n) is 10.8. The molecule has 1 heterocycles. The molecule has 1 saturated heterocycles. The lowest BCUT2D eigenvalue weighted by Crippen LogP contribution is -2.46. The Balaban J connectivity index is 1.93. The quantitative estimate of drug-likeness (QED) is 0.754. The van der Waals surface area contributed by atoms with Crippen molar-refractivity contribution >= 4 is 11.8 Å². The van der Waals surface area contributed by atoms with E-state index < -0.39 is 0 Å². The summed E-state index contributed by atoms with van der Waals surface area (Å²) in [7, 11) is 0. The van der Waals surface area contributed by atoms with Crippen molar-refractivity contribution in [3.05, 3.63) is 0 Å². The Hall–Kier alpha value is -1.10. The maximum atomic E-state index is 12.4. The van der Waals surface area contributed by atoms with Crippen molar-refractivity contribution in [1.82, 2.24) is 4.90 Å². The summed E-state index contributed by atoms with van der Waals surface area (Å²) in [6.45, 7) is 1.40. The minimum absolute atomic E-state index is 0.0766. The molecule has 2 amide bonds. The van der Waals surface area contributed by atoms with Crippen LogP contribution in [0.1, 0.15) is 38.5 Å². The van der Waals surface area contributed by atoms with E-state index in [0.717, 1.165) is 38.5 Å². The van der Waals surface area contributed by atoms with Crippen LogP contribution in [-0.4, -0.2) is 35.8 Å². The van der Waals surface area contributed by atoms with Gasteiger partial charge in [-0.05, 0) is 51.0 Å². The summed E-state index contributed by atoms with van der Waals surface area (Å²) in [6.07, 6.45) is 5.48. The lowest BCUT2D eigenvalue weighted by molar-refractivity contribution is -0.141. The summed E-state index contributed by atoms with van der Waals surface area (Å²) in [5.41, 5.74) is 11.0. The van der Waals surface area contributed by atoms with Crippen LogP contribution in [0.25, 0.3) is 0 Å². The predicted molar refractivity (Wildman–Crippen MR) is 68.4 cm³/mol. The second kappa shape index (κ2) is 5.69. The van der Waals surface area contributed by atoms with Crippen molar-refractivity contribution in [2.75, 3.05) is 13.1 Å². The molecule has 1 unspecified atom stereocenters. The molecular formula is C13H23N3O2. The Labute approximate surface area is 108 Å². The first-order valence-electron chi connectivity index (χ1n) is 6.93. The van der Waals surface area contributed by atoms with Crippen LogP contribution in [0.4, 0.5) is 0 Å². The van der Waals surface area contributed by atoms with Gasteiger partial charge < -0.3 is 16.4 Å². The van der Waals surface area contributed by atoms with Crippen LogP contribution in [0, 0.1) is 11.8 Å². The fourth-order valence-corrected chi connectivity index (χ4v) is 3.21. The second-order valence-electron chi connectivity index (χ2n) is 5.55. The van der Waals surface area contributed by atoms with E-state index in [-0.39, 0.29) is 23.8 Å². The Morgan fingerprint density at radius 3 is 2.33 bits per heavy atom. The van der Waals surface area contributed by atoms with E-state index in [1.807, 2.05) is 0 Å². The lowest BCUT2D eigenvalue weighted by atomic mass is 9.81. The number of nitrogens with two attached hydrogens (primary N) is 2. The van der Waals surface area contributed by atoms with Gasteiger partial charge >= 0.3 is 0 Å². The number of primary amides is 1. The van der Waals surface area contributed by atoms with E-state index >= 15 is 0 Å². The molecule has 5 heteroatoms. The van der Waals surface area contributed by atoms with Gasteiger partial charge in [0.25, 0.3) is 0 Å². The molecule has 2 rings (SSSR count). The van der Waals surface area contributed by atoms with Crippen molar-refractivity contribution in [2.45, 2.75) is 44.6 Å². The third-order valence-corrected chi connectivity index (χ3v) is 4.39. The minimum atomic E-state index is -0.371. The first-order chi connectivity index (χ1) is 8.63. The van der Waals surface area contributed by atoms with Crippen molar-refractivity contribution in [1.29, 1.82) is 0 Å². The summed E-state index contributed by atoms with van der Waals surface area (Å²) in [5, 5.41) is 0. The van der Waals surface area contributed by atoms with Crippen molar-refractivity contribution in [2.24, 2.45) is 23.3 Å². The fourth-order valence-electron chi connectivity index (χ4n) is 3.21. The van der Waals surface area contributed by atoms with Crippen LogP contribution in [0.15, 0.2) is 0 Å². The first-order valence-corrected chi connectivity index (χ1v) is 6.93. The molecule has 0 aromatic heterocycles. The highest BCUT2D eigenvalue weighted by atomic mass is 16.2. The summed E-state index contributed by atoms with van der Waals surface area (Å²) in [5.74, 6) is 0.413. The highest BCUT2D eigenvalue weighted by Crippen LogP contribution is 2.31. The average molecular weight is 253 g/mol. The molecule has 0 spiro atoms. The molecule has 1 aliphatic heterocycles. The van der Waals surface area contributed by atoms with Gasteiger partial charge in [0.1, 0.15) is 6.04 Å². The summed E-state index contributed by atoms with van der Waals surface area (Å²) >= 11 is 0. The number of carbonyl (C=O) groups excluding carboxylic acids is 2. The number of rotatable bonds is 3. The molecule has 18 heavy (non-hydrogen) atoms. The van der Waals surface area contributed by atoms with Crippen LogP contribution in [0.3, 0.4) is 0 Å². The maximum absolute atomic E-state index is 12.4. The highest BCUT2D eigenvalue weighted by Gasteiger charge is 2.37. The molecule has 0 aromatic rings. The first kappa shape index (κ1) is 13.3. The van der Waals surface area contributed by atoms with Gasteiger partial charge in [0.2, 0.25) is 11.8 Å². The monoisotopic (exact) mass is 253 g/mol. The molecule has 2 aliphatic rings. The van der Waals surface area contributed by atoms with E-state index in [1.165, 1.54) is 0 Å². The smallest absolute Gasteiger partial charge is 0.240 e. The average Bonchev–Trinajstić information content (AvgIpc) is 2.87. The van der Waals surface area contributed by atoms with Gasteiger partial charge in [0.05, 0.1) is 0 Å². The van der Waals surface area contributed by atoms with Gasteiger partial charge in [0.15, 0.2) is 0 Å². The maximum Gasteiger partial charge on any atom is 0.240 e. The molecule has 1 aliphatic carbocycles. The van der Waals surface area contributed by atoms with E-state index in [1.54, 1.807) is 4.90 Å². The largest absolute Gasteiger partial charge is 0.368 e. The van der Waals surface area contributed by atoms with Gasteiger partial charge in [-0.15, -0.1) is 0 Å². The van der Waals surface area contributed by atoms with Crippen molar-refractivity contribution < 1.29 is 9.59 Å². The van der Waals surface area contributed by atoms with Crippen LogP contribution in [0.2, 0.25) is 0 Å². The third-order valence-electron chi connectivity index (χ3n) is 4.39. The van der Waals surface area contributed by atoms with Crippen LogP contribution < -0.4 is 11.5 Å². The number of amides is 2. The molecule has 0 radical (unpaired) electrons. The van der Waals surface area contributed by atoms with E-state index in [4.69, 9.17) is 11.5 Å².